The molecule has 0 fully saturated rings. The Kier molecular flexibility index (Phi) is 3.59. The minimum Gasteiger partial charge on any atom is -0.384 e. The van der Waals surface area contributed by atoms with Crippen LogP contribution in [0.2, 0.25) is 5.02 Å². The summed E-state index contributed by atoms with van der Waals surface area (Å²) in [6, 6.07) is 6.02. The zero-order chi connectivity index (χ0) is 14.0. The van der Waals surface area contributed by atoms with Crippen LogP contribution in [0.15, 0.2) is 41.4 Å². The van der Waals surface area contributed by atoms with Gasteiger partial charge in [0.05, 0.1) is 10.7 Å². The summed E-state index contributed by atoms with van der Waals surface area (Å²) in [4.78, 5) is 3.62. The van der Waals surface area contributed by atoms with E-state index in [1.165, 1.54) is 18.2 Å². The number of benzene rings is 1. The number of rotatable bonds is 3. The van der Waals surface area contributed by atoms with Gasteiger partial charge < -0.3 is 5.73 Å². The van der Waals surface area contributed by atoms with Gasteiger partial charge in [-0.15, -0.1) is 0 Å². The second-order valence-corrected chi connectivity index (χ2v) is 5.74. The molecule has 0 atom stereocenters. The van der Waals surface area contributed by atoms with Gasteiger partial charge in [-0.25, -0.2) is 17.8 Å². The maximum absolute atomic E-state index is 12.9. The van der Waals surface area contributed by atoms with Crippen molar-refractivity contribution >= 4 is 33.1 Å². The van der Waals surface area contributed by atoms with Crippen molar-refractivity contribution < 1.29 is 12.8 Å². The number of nitrogen functional groups attached to an aromatic ring is 1. The molecule has 1 heterocycles. The highest BCUT2D eigenvalue weighted by Crippen LogP contribution is 2.25. The first-order valence-electron chi connectivity index (χ1n) is 5.08. The SMILES string of the molecule is Nc1ccc(S(=O)(=O)Nc2ccc(F)cc2Cl)cn1. The minimum atomic E-state index is -3.84. The first kappa shape index (κ1) is 13.6. The van der Waals surface area contributed by atoms with Crippen molar-refractivity contribution in [2.45, 2.75) is 4.90 Å². The molecule has 0 amide bonds. The second kappa shape index (κ2) is 5.02. The molecule has 2 aromatic rings. The van der Waals surface area contributed by atoms with Crippen LogP contribution in [0.25, 0.3) is 0 Å². The van der Waals surface area contributed by atoms with Gasteiger partial charge in [-0.1, -0.05) is 11.6 Å². The van der Waals surface area contributed by atoms with Crippen LogP contribution in [0.4, 0.5) is 15.9 Å². The molecule has 0 aliphatic carbocycles. The summed E-state index contributed by atoms with van der Waals surface area (Å²) in [5.74, 6) is -0.346. The Morgan fingerprint density at radius 3 is 2.58 bits per heavy atom. The quantitative estimate of drug-likeness (QED) is 0.910. The van der Waals surface area contributed by atoms with Crippen molar-refractivity contribution in [2.75, 3.05) is 10.5 Å². The van der Waals surface area contributed by atoms with Crippen molar-refractivity contribution in [1.82, 2.24) is 4.98 Å². The smallest absolute Gasteiger partial charge is 0.263 e. The maximum Gasteiger partial charge on any atom is 0.263 e. The Hall–Kier alpha value is -1.86. The molecule has 0 saturated carbocycles. The largest absolute Gasteiger partial charge is 0.384 e. The Morgan fingerprint density at radius 1 is 1.26 bits per heavy atom. The number of halogens is 2. The monoisotopic (exact) mass is 301 g/mol. The van der Waals surface area contributed by atoms with Crippen molar-refractivity contribution in [2.24, 2.45) is 0 Å². The number of hydrogen-bond acceptors (Lipinski definition) is 4. The summed E-state index contributed by atoms with van der Waals surface area (Å²) in [5.41, 5.74) is 5.46. The zero-order valence-electron chi connectivity index (χ0n) is 9.47. The first-order valence-corrected chi connectivity index (χ1v) is 6.94. The lowest BCUT2D eigenvalue weighted by Crippen LogP contribution is -2.13. The average molecular weight is 302 g/mol. The normalized spacial score (nSPS) is 11.3. The number of nitrogens with zero attached hydrogens (tertiary/aromatic N) is 1. The number of aromatic nitrogens is 1. The summed E-state index contributed by atoms with van der Waals surface area (Å²) in [6.07, 6.45) is 1.12. The van der Waals surface area contributed by atoms with Crippen LogP contribution in [0.3, 0.4) is 0 Å². The molecule has 0 bridgehead atoms. The predicted molar refractivity (Wildman–Crippen MR) is 70.9 cm³/mol. The molecule has 2 rings (SSSR count). The maximum atomic E-state index is 12.9. The van der Waals surface area contributed by atoms with Gasteiger partial charge in [0.15, 0.2) is 0 Å². The van der Waals surface area contributed by atoms with E-state index < -0.39 is 15.8 Å². The van der Waals surface area contributed by atoms with Gasteiger partial charge >= 0.3 is 0 Å². The predicted octanol–water partition coefficient (Wildman–Crippen LogP) is 2.26. The van der Waals surface area contributed by atoms with Gasteiger partial charge in [0.2, 0.25) is 0 Å². The highest BCUT2D eigenvalue weighted by atomic mass is 35.5. The number of nitrogens with two attached hydrogens (primary N) is 1. The summed E-state index contributed by atoms with van der Waals surface area (Å²) in [6.45, 7) is 0. The van der Waals surface area contributed by atoms with Crippen LogP contribution in [-0.2, 0) is 10.0 Å². The Balaban J connectivity index is 2.33. The molecule has 19 heavy (non-hydrogen) atoms. The molecule has 8 heteroatoms. The Morgan fingerprint density at radius 2 is 2.00 bits per heavy atom. The highest BCUT2D eigenvalue weighted by Gasteiger charge is 2.16. The molecule has 0 spiro atoms. The minimum absolute atomic E-state index is 0.0352. The third kappa shape index (κ3) is 3.12. The number of nitrogens with one attached hydrogen (secondary N) is 1. The molecule has 0 saturated heterocycles. The molecule has 0 aliphatic heterocycles. The molecule has 0 unspecified atom stereocenters. The standard InChI is InChI=1S/C11H9ClFN3O2S/c12-9-5-7(13)1-3-10(9)16-19(17,18)8-2-4-11(14)15-6-8/h1-6,16H,(H2,14,15). The summed E-state index contributed by atoms with van der Waals surface area (Å²) in [5, 5.41) is -0.0352. The second-order valence-electron chi connectivity index (χ2n) is 3.65. The van der Waals surface area contributed by atoms with E-state index in [4.69, 9.17) is 17.3 Å². The van der Waals surface area contributed by atoms with Gasteiger partial charge in [-0.2, -0.15) is 0 Å². The van der Waals surface area contributed by atoms with E-state index in [9.17, 15) is 12.8 Å². The molecular formula is C11H9ClFN3O2S. The summed E-state index contributed by atoms with van der Waals surface area (Å²) < 4.78 is 39.1. The average Bonchev–Trinajstić information content (AvgIpc) is 2.33. The molecule has 1 aromatic heterocycles. The van der Waals surface area contributed by atoms with Crippen molar-refractivity contribution in [1.29, 1.82) is 0 Å². The first-order chi connectivity index (χ1) is 8.88. The van der Waals surface area contributed by atoms with Crippen LogP contribution in [-0.4, -0.2) is 13.4 Å². The van der Waals surface area contributed by atoms with Gasteiger partial charge in [0.25, 0.3) is 10.0 Å². The number of pyridine rings is 1. The molecule has 0 radical (unpaired) electrons. The number of hydrogen-bond donors (Lipinski definition) is 2. The highest BCUT2D eigenvalue weighted by molar-refractivity contribution is 7.92. The summed E-state index contributed by atoms with van der Waals surface area (Å²) in [7, 11) is -3.84. The molecule has 1 aromatic carbocycles. The lowest BCUT2D eigenvalue weighted by molar-refractivity contribution is 0.600. The third-order valence-electron chi connectivity index (χ3n) is 2.24. The van der Waals surface area contributed by atoms with E-state index in [0.29, 0.717) is 0 Å². The van der Waals surface area contributed by atoms with E-state index in [1.807, 2.05) is 0 Å². The van der Waals surface area contributed by atoms with Crippen LogP contribution in [0, 0.1) is 5.82 Å². The number of anilines is 2. The van der Waals surface area contributed by atoms with Crippen LogP contribution in [0.5, 0.6) is 0 Å². The third-order valence-corrected chi connectivity index (χ3v) is 3.91. The van der Waals surface area contributed by atoms with Gasteiger partial charge in [-0.3, -0.25) is 4.72 Å². The van der Waals surface area contributed by atoms with E-state index >= 15 is 0 Å². The lowest BCUT2D eigenvalue weighted by Gasteiger charge is -2.09. The zero-order valence-corrected chi connectivity index (χ0v) is 11.0. The fraction of sp³-hybridized carbons (Fsp3) is 0. The lowest BCUT2D eigenvalue weighted by atomic mass is 10.3. The topological polar surface area (TPSA) is 85.1 Å². The van der Waals surface area contributed by atoms with Crippen LogP contribution in [0.1, 0.15) is 0 Å². The van der Waals surface area contributed by atoms with Crippen LogP contribution < -0.4 is 10.5 Å². The Bertz CT molecular complexity index is 704. The molecule has 3 N–H and O–H groups in total. The molecular weight excluding hydrogens is 293 g/mol. The van der Waals surface area contributed by atoms with Gasteiger partial charge in [0, 0.05) is 6.20 Å². The Labute approximate surface area is 114 Å². The van der Waals surface area contributed by atoms with E-state index in [0.717, 1.165) is 18.3 Å². The van der Waals surface area contributed by atoms with Crippen molar-refractivity contribution in [3.8, 4) is 0 Å². The van der Waals surface area contributed by atoms with Crippen molar-refractivity contribution in [3.63, 3.8) is 0 Å². The van der Waals surface area contributed by atoms with Gasteiger partial charge in [-0.05, 0) is 30.3 Å². The summed E-state index contributed by atoms with van der Waals surface area (Å²) >= 11 is 5.75. The fourth-order valence-corrected chi connectivity index (χ4v) is 2.62. The van der Waals surface area contributed by atoms with Gasteiger partial charge in [0.1, 0.15) is 16.5 Å². The molecule has 5 nitrogen and oxygen atoms in total. The van der Waals surface area contributed by atoms with E-state index in [2.05, 4.69) is 9.71 Å². The van der Waals surface area contributed by atoms with E-state index in [1.54, 1.807) is 0 Å². The fourth-order valence-electron chi connectivity index (χ4n) is 1.33. The molecule has 100 valence electrons. The number of sulfonamides is 1. The van der Waals surface area contributed by atoms with E-state index in [-0.39, 0.29) is 21.4 Å². The van der Waals surface area contributed by atoms with Crippen molar-refractivity contribution in [3.05, 3.63) is 47.4 Å². The van der Waals surface area contributed by atoms with Crippen LogP contribution >= 0.6 is 11.6 Å². The molecule has 0 aliphatic rings.